The molecule has 0 spiro atoms. The molecule has 0 amide bonds. The van der Waals surface area contributed by atoms with E-state index in [9.17, 15) is 4.79 Å². The Morgan fingerprint density at radius 1 is 1.44 bits per heavy atom. The molecular formula is C13H18O3. The van der Waals surface area contributed by atoms with Crippen molar-refractivity contribution in [2.24, 2.45) is 11.8 Å². The van der Waals surface area contributed by atoms with Gasteiger partial charge in [0.1, 0.15) is 6.61 Å². The fourth-order valence-corrected chi connectivity index (χ4v) is 2.59. The van der Waals surface area contributed by atoms with Crippen molar-refractivity contribution in [3.05, 3.63) is 24.8 Å². The second-order valence-electron chi connectivity index (χ2n) is 4.42. The van der Waals surface area contributed by atoms with Crippen molar-refractivity contribution in [2.75, 3.05) is 13.2 Å². The fraction of sp³-hybridized carbons (Fsp3) is 0.615. The molecule has 16 heavy (non-hydrogen) atoms. The van der Waals surface area contributed by atoms with E-state index >= 15 is 0 Å². The van der Waals surface area contributed by atoms with Gasteiger partial charge in [0, 0.05) is 6.08 Å². The third-order valence-corrected chi connectivity index (χ3v) is 3.38. The highest BCUT2D eigenvalue weighted by atomic mass is 16.6. The molecule has 3 atom stereocenters. The van der Waals surface area contributed by atoms with Crippen molar-refractivity contribution in [2.45, 2.75) is 25.4 Å². The second-order valence-corrected chi connectivity index (χ2v) is 4.42. The first kappa shape index (κ1) is 11.4. The molecule has 0 aromatic heterocycles. The van der Waals surface area contributed by atoms with Crippen molar-refractivity contribution in [1.29, 1.82) is 0 Å². The normalized spacial score (nSPS) is 31.4. The number of carbonyl (C=O) groups is 1. The van der Waals surface area contributed by atoms with E-state index in [1.807, 2.05) is 0 Å². The van der Waals surface area contributed by atoms with Crippen LogP contribution < -0.4 is 0 Å². The monoisotopic (exact) mass is 222 g/mol. The third kappa shape index (κ3) is 2.73. The molecule has 2 aliphatic carbocycles. The molecule has 0 aromatic carbocycles. The van der Waals surface area contributed by atoms with Crippen molar-refractivity contribution in [3.8, 4) is 0 Å². The van der Waals surface area contributed by atoms with Crippen molar-refractivity contribution >= 4 is 5.97 Å². The molecule has 0 bridgehead atoms. The van der Waals surface area contributed by atoms with Crippen LogP contribution in [0.2, 0.25) is 0 Å². The molecule has 0 saturated heterocycles. The minimum atomic E-state index is -0.380. The molecule has 0 radical (unpaired) electrons. The van der Waals surface area contributed by atoms with Crippen molar-refractivity contribution in [1.82, 2.24) is 0 Å². The maximum atomic E-state index is 10.8. The summed E-state index contributed by atoms with van der Waals surface area (Å²) in [7, 11) is 0. The molecular weight excluding hydrogens is 204 g/mol. The van der Waals surface area contributed by atoms with Gasteiger partial charge in [0.15, 0.2) is 0 Å². The summed E-state index contributed by atoms with van der Waals surface area (Å²) in [4.78, 5) is 10.8. The maximum absolute atomic E-state index is 10.8. The third-order valence-electron chi connectivity index (χ3n) is 3.38. The molecule has 2 rings (SSSR count). The number of esters is 1. The van der Waals surface area contributed by atoms with Gasteiger partial charge < -0.3 is 9.47 Å². The van der Waals surface area contributed by atoms with Gasteiger partial charge in [0.05, 0.1) is 12.7 Å². The van der Waals surface area contributed by atoms with Gasteiger partial charge >= 0.3 is 5.97 Å². The van der Waals surface area contributed by atoms with E-state index in [1.54, 1.807) is 0 Å². The highest BCUT2D eigenvalue weighted by Crippen LogP contribution is 2.40. The molecule has 3 nitrogen and oxygen atoms in total. The molecule has 88 valence electrons. The van der Waals surface area contributed by atoms with E-state index in [4.69, 9.17) is 9.47 Å². The molecule has 0 N–H and O–H groups in total. The average molecular weight is 222 g/mol. The van der Waals surface area contributed by atoms with Gasteiger partial charge in [-0.3, -0.25) is 0 Å². The highest BCUT2D eigenvalue weighted by Gasteiger charge is 2.34. The summed E-state index contributed by atoms with van der Waals surface area (Å²) in [6, 6.07) is 0. The van der Waals surface area contributed by atoms with Crippen LogP contribution in [0.1, 0.15) is 19.3 Å². The molecule has 0 aliphatic heterocycles. The van der Waals surface area contributed by atoms with E-state index in [1.165, 1.54) is 12.5 Å². The SMILES string of the molecule is C=CC(=O)OCCOC1CC2C=CCC2C1. The lowest BCUT2D eigenvalue weighted by atomic mass is 10.0. The van der Waals surface area contributed by atoms with Gasteiger partial charge in [0.2, 0.25) is 0 Å². The zero-order valence-corrected chi connectivity index (χ0v) is 9.43. The highest BCUT2D eigenvalue weighted by molar-refractivity contribution is 5.81. The lowest BCUT2D eigenvalue weighted by Crippen LogP contribution is -2.15. The largest absolute Gasteiger partial charge is 0.460 e. The second kappa shape index (κ2) is 5.30. The number of ether oxygens (including phenoxy) is 2. The van der Waals surface area contributed by atoms with E-state index in [2.05, 4.69) is 18.7 Å². The summed E-state index contributed by atoms with van der Waals surface area (Å²) < 4.78 is 10.5. The number of fused-ring (bicyclic) bond motifs is 1. The van der Waals surface area contributed by atoms with E-state index in [0.29, 0.717) is 19.3 Å². The van der Waals surface area contributed by atoms with E-state index in [0.717, 1.165) is 24.7 Å². The van der Waals surface area contributed by atoms with Gasteiger partial charge in [0.25, 0.3) is 0 Å². The number of hydrogen-bond acceptors (Lipinski definition) is 3. The summed E-state index contributed by atoms with van der Waals surface area (Å²) in [6.07, 6.45) is 9.58. The Balaban J connectivity index is 1.59. The minimum Gasteiger partial charge on any atom is -0.460 e. The Morgan fingerprint density at radius 2 is 2.31 bits per heavy atom. The molecule has 3 unspecified atom stereocenters. The van der Waals surface area contributed by atoms with Crippen LogP contribution in [-0.4, -0.2) is 25.3 Å². The lowest BCUT2D eigenvalue weighted by molar-refractivity contribution is -0.139. The lowest BCUT2D eigenvalue weighted by Gasteiger charge is -2.11. The Hall–Kier alpha value is -1.09. The van der Waals surface area contributed by atoms with Crippen LogP contribution in [0.15, 0.2) is 24.8 Å². The first-order valence-corrected chi connectivity index (χ1v) is 5.87. The summed E-state index contributed by atoms with van der Waals surface area (Å²) >= 11 is 0. The molecule has 0 heterocycles. The first-order chi connectivity index (χ1) is 7.79. The molecule has 0 aromatic rings. The van der Waals surface area contributed by atoms with Crippen molar-refractivity contribution < 1.29 is 14.3 Å². The van der Waals surface area contributed by atoms with Gasteiger partial charge in [-0.25, -0.2) is 4.79 Å². The molecule has 1 saturated carbocycles. The molecule has 2 aliphatic rings. The zero-order chi connectivity index (χ0) is 11.4. The summed E-state index contributed by atoms with van der Waals surface area (Å²) in [5, 5.41) is 0. The first-order valence-electron chi connectivity index (χ1n) is 5.87. The number of hydrogen-bond donors (Lipinski definition) is 0. The summed E-state index contributed by atoms with van der Waals surface area (Å²) in [6.45, 7) is 4.15. The summed E-state index contributed by atoms with van der Waals surface area (Å²) in [5.74, 6) is 1.14. The zero-order valence-electron chi connectivity index (χ0n) is 9.43. The minimum absolute atomic E-state index is 0.326. The Kier molecular flexibility index (Phi) is 3.78. The standard InChI is InChI=1S/C13H18O3/c1-2-13(14)16-7-6-15-12-8-10-4-3-5-11(10)9-12/h2-4,10-12H,1,5-9H2. The predicted octanol–water partition coefficient (Wildman–Crippen LogP) is 2.09. The van der Waals surface area contributed by atoms with Gasteiger partial charge in [-0.2, -0.15) is 0 Å². The number of rotatable bonds is 5. The van der Waals surface area contributed by atoms with Gasteiger partial charge in [-0.1, -0.05) is 18.7 Å². The predicted molar refractivity (Wildman–Crippen MR) is 60.9 cm³/mol. The van der Waals surface area contributed by atoms with Crippen LogP contribution in [0.4, 0.5) is 0 Å². The molecule has 1 fully saturated rings. The van der Waals surface area contributed by atoms with Crippen LogP contribution >= 0.6 is 0 Å². The summed E-state index contributed by atoms with van der Waals surface area (Å²) in [5.41, 5.74) is 0. The van der Waals surface area contributed by atoms with Gasteiger partial charge in [-0.05, 0) is 31.1 Å². The Bertz CT molecular complexity index is 296. The Morgan fingerprint density at radius 3 is 3.06 bits per heavy atom. The topological polar surface area (TPSA) is 35.5 Å². The fourth-order valence-electron chi connectivity index (χ4n) is 2.59. The van der Waals surface area contributed by atoms with Crippen LogP contribution in [0.3, 0.4) is 0 Å². The molecule has 3 heteroatoms. The van der Waals surface area contributed by atoms with Crippen LogP contribution in [0, 0.1) is 11.8 Å². The smallest absolute Gasteiger partial charge is 0.330 e. The van der Waals surface area contributed by atoms with Crippen LogP contribution in [0.5, 0.6) is 0 Å². The average Bonchev–Trinajstić information content (AvgIpc) is 2.84. The van der Waals surface area contributed by atoms with Crippen LogP contribution in [0.25, 0.3) is 0 Å². The van der Waals surface area contributed by atoms with E-state index in [-0.39, 0.29) is 5.97 Å². The quantitative estimate of drug-likeness (QED) is 0.309. The van der Waals surface area contributed by atoms with Crippen molar-refractivity contribution in [3.63, 3.8) is 0 Å². The number of carbonyl (C=O) groups excluding carboxylic acids is 1. The van der Waals surface area contributed by atoms with E-state index < -0.39 is 0 Å². The Labute approximate surface area is 96.1 Å². The number of allylic oxidation sites excluding steroid dienone is 2. The van der Waals surface area contributed by atoms with Gasteiger partial charge in [-0.15, -0.1) is 0 Å². The maximum Gasteiger partial charge on any atom is 0.330 e. The van der Waals surface area contributed by atoms with Crippen LogP contribution in [-0.2, 0) is 14.3 Å².